The lowest BCUT2D eigenvalue weighted by atomic mass is 9.98. The maximum absolute atomic E-state index is 13.1. The zero-order chi connectivity index (χ0) is 20.7. The van der Waals surface area contributed by atoms with Crippen molar-refractivity contribution in [3.63, 3.8) is 0 Å². The van der Waals surface area contributed by atoms with Gasteiger partial charge in [0.2, 0.25) is 5.78 Å². The standard InChI is InChI=1S/C24H19ClN2O3/c1-15-9-20-19(13-27(14-29-20)12-18-7-2-3-8-26-18)24-22(15)23(28)21(30-24)11-16-5-4-6-17(25)10-16/h2-11H,12-14H2,1H3/b21-11-. The quantitative estimate of drug-likeness (QED) is 0.559. The van der Waals surface area contributed by atoms with Crippen LogP contribution in [0.2, 0.25) is 5.02 Å². The summed E-state index contributed by atoms with van der Waals surface area (Å²) in [6.07, 6.45) is 3.51. The minimum atomic E-state index is -0.118. The molecule has 1 aromatic heterocycles. The van der Waals surface area contributed by atoms with Crippen molar-refractivity contribution in [3.05, 3.63) is 93.5 Å². The van der Waals surface area contributed by atoms with Gasteiger partial charge in [0.25, 0.3) is 0 Å². The van der Waals surface area contributed by atoms with Crippen LogP contribution in [-0.4, -0.2) is 22.4 Å². The minimum absolute atomic E-state index is 0.118. The molecule has 30 heavy (non-hydrogen) atoms. The van der Waals surface area contributed by atoms with Gasteiger partial charge in [-0.2, -0.15) is 0 Å². The van der Waals surface area contributed by atoms with Crippen molar-refractivity contribution < 1.29 is 14.3 Å². The Morgan fingerprint density at radius 1 is 1.20 bits per heavy atom. The number of ether oxygens (including phenoxy) is 2. The van der Waals surface area contributed by atoms with Crippen molar-refractivity contribution in [1.29, 1.82) is 0 Å². The number of rotatable bonds is 3. The Kier molecular flexibility index (Phi) is 4.77. The van der Waals surface area contributed by atoms with Gasteiger partial charge in [-0.1, -0.05) is 29.8 Å². The Morgan fingerprint density at radius 3 is 2.90 bits per heavy atom. The van der Waals surface area contributed by atoms with Crippen LogP contribution in [0.4, 0.5) is 0 Å². The number of benzene rings is 2. The van der Waals surface area contributed by atoms with Crippen LogP contribution in [-0.2, 0) is 13.1 Å². The van der Waals surface area contributed by atoms with E-state index in [1.54, 1.807) is 24.4 Å². The fraction of sp³-hybridized carbons (Fsp3) is 0.167. The van der Waals surface area contributed by atoms with Gasteiger partial charge in [-0.05, 0) is 54.5 Å². The number of carbonyl (C=O) groups is 1. The molecular formula is C24H19ClN2O3. The summed E-state index contributed by atoms with van der Waals surface area (Å²) in [6, 6.07) is 15.1. The van der Waals surface area contributed by atoms with Crippen molar-refractivity contribution in [2.45, 2.75) is 20.0 Å². The third-order valence-corrected chi connectivity index (χ3v) is 5.48. The number of aryl methyl sites for hydroxylation is 1. The molecule has 0 radical (unpaired) electrons. The highest BCUT2D eigenvalue weighted by atomic mass is 35.5. The SMILES string of the molecule is Cc1cc2c(c3c1C(=O)/C(=C/c1cccc(Cl)c1)O3)CN(Cc1ccccn1)CO2. The van der Waals surface area contributed by atoms with Gasteiger partial charge in [0.15, 0.2) is 5.76 Å². The molecule has 2 aliphatic rings. The van der Waals surface area contributed by atoms with Crippen molar-refractivity contribution in [2.24, 2.45) is 0 Å². The average Bonchev–Trinajstić information content (AvgIpc) is 3.06. The van der Waals surface area contributed by atoms with Crippen LogP contribution < -0.4 is 9.47 Å². The fourth-order valence-corrected chi connectivity index (χ4v) is 4.04. The molecule has 5 rings (SSSR count). The highest BCUT2D eigenvalue weighted by Crippen LogP contribution is 2.44. The zero-order valence-corrected chi connectivity index (χ0v) is 17.1. The first kappa shape index (κ1) is 18.9. The molecule has 0 saturated heterocycles. The van der Waals surface area contributed by atoms with Crippen LogP contribution >= 0.6 is 11.6 Å². The van der Waals surface area contributed by atoms with Gasteiger partial charge in [0.1, 0.15) is 18.2 Å². The Hall–Kier alpha value is -3.15. The van der Waals surface area contributed by atoms with Crippen molar-refractivity contribution >= 4 is 23.5 Å². The molecule has 2 aliphatic heterocycles. The number of hydrogen-bond donors (Lipinski definition) is 0. The van der Waals surface area contributed by atoms with E-state index in [9.17, 15) is 4.79 Å². The number of carbonyl (C=O) groups excluding carboxylic acids is 1. The van der Waals surface area contributed by atoms with Gasteiger partial charge >= 0.3 is 0 Å². The van der Waals surface area contributed by atoms with Crippen LogP contribution in [0.5, 0.6) is 11.5 Å². The maximum atomic E-state index is 13.1. The van der Waals surface area contributed by atoms with Crippen molar-refractivity contribution in [2.75, 3.05) is 6.73 Å². The van der Waals surface area contributed by atoms with E-state index in [0.29, 0.717) is 41.9 Å². The molecule has 0 unspecified atom stereocenters. The molecule has 150 valence electrons. The normalized spacial score (nSPS) is 16.7. The Labute approximate surface area is 179 Å². The highest BCUT2D eigenvalue weighted by Gasteiger charge is 2.35. The van der Waals surface area contributed by atoms with E-state index in [0.717, 1.165) is 28.1 Å². The number of nitrogens with zero attached hydrogens (tertiary/aromatic N) is 2. The number of pyridine rings is 1. The van der Waals surface area contributed by atoms with Gasteiger partial charge in [-0.15, -0.1) is 0 Å². The average molecular weight is 419 g/mol. The third-order valence-electron chi connectivity index (χ3n) is 5.25. The molecule has 0 spiro atoms. The lowest BCUT2D eigenvalue weighted by Crippen LogP contribution is -2.32. The molecular weight excluding hydrogens is 400 g/mol. The first-order valence-electron chi connectivity index (χ1n) is 9.70. The number of aromatic nitrogens is 1. The van der Waals surface area contributed by atoms with E-state index < -0.39 is 0 Å². The molecule has 2 aromatic carbocycles. The molecule has 6 heteroatoms. The summed E-state index contributed by atoms with van der Waals surface area (Å²) < 4.78 is 12.1. The van der Waals surface area contributed by atoms with Crippen LogP contribution in [0.25, 0.3) is 6.08 Å². The predicted octanol–water partition coefficient (Wildman–Crippen LogP) is 5.01. The van der Waals surface area contributed by atoms with E-state index in [1.807, 2.05) is 43.3 Å². The molecule has 0 fully saturated rings. The molecule has 0 atom stereocenters. The topological polar surface area (TPSA) is 51.7 Å². The second kappa shape index (κ2) is 7.59. The summed E-state index contributed by atoms with van der Waals surface area (Å²) in [5.41, 5.74) is 4.12. The summed E-state index contributed by atoms with van der Waals surface area (Å²) in [5.74, 6) is 1.53. The molecule has 0 saturated carbocycles. The van der Waals surface area contributed by atoms with E-state index in [4.69, 9.17) is 21.1 Å². The monoisotopic (exact) mass is 418 g/mol. The van der Waals surface area contributed by atoms with Gasteiger partial charge in [-0.25, -0.2) is 0 Å². The number of allylic oxidation sites excluding steroid dienone is 1. The lowest BCUT2D eigenvalue weighted by molar-refractivity contribution is 0.0861. The molecule has 0 bridgehead atoms. The molecule has 3 aromatic rings. The summed E-state index contributed by atoms with van der Waals surface area (Å²) in [4.78, 5) is 19.6. The van der Waals surface area contributed by atoms with Crippen LogP contribution in [0.3, 0.4) is 0 Å². The predicted molar refractivity (Wildman–Crippen MR) is 115 cm³/mol. The Bertz CT molecular complexity index is 1170. The molecule has 0 amide bonds. The Balaban J connectivity index is 1.48. The number of halogens is 1. The number of hydrogen-bond acceptors (Lipinski definition) is 5. The van der Waals surface area contributed by atoms with Gasteiger partial charge in [0.05, 0.1) is 16.8 Å². The van der Waals surface area contributed by atoms with Crippen molar-refractivity contribution in [3.8, 4) is 11.5 Å². The third kappa shape index (κ3) is 3.47. The lowest BCUT2D eigenvalue weighted by Gasteiger charge is -2.29. The van der Waals surface area contributed by atoms with Gasteiger partial charge in [-0.3, -0.25) is 14.7 Å². The Morgan fingerprint density at radius 2 is 2.10 bits per heavy atom. The first-order chi connectivity index (χ1) is 14.6. The zero-order valence-electron chi connectivity index (χ0n) is 16.4. The second-order valence-corrected chi connectivity index (χ2v) is 7.89. The molecule has 0 N–H and O–H groups in total. The molecule has 0 aliphatic carbocycles. The highest BCUT2D eigenvalue weighted by molar-refractivity contribution is 6.30. The van der Waals surface area contributed by atoms with Gasteiger partial charge in [0, 0.05) is 24.3 Å². The number of Topliss-reactive ketones (excluding diaryl/α,β-unsaturated/α-hetero) is 1. The van der Waals surface area contributed by atoms with E-state index in [1.165, 1.54) is 0 Å². The summed E-state index contributed by atoms with van der Waals surface area (Å²) in [7, 11) is 0. The second-order valence-electron chi connectivity index (χ2n) is 7.45. The van der Waals surface area contributed by atoms with Crippen LogP contribution in [0.1, 0.15) is 32.7 Å². The van der Waals surface area contributed by atoms with Crippen LogP contribution in [0.15, 0.2) is 60.5 Å². The smallest absolute Gasteiger partial charge is 0.232 e. The minimum Gasteiger partial charge on any atom is -0.478 e. The number of ketones is 1. The fourth-order valence-electron chi connectivity index (χ4n) is 3.85. The summed E-state index contributed by atoms with van der Waals surface area (Å²) >= 11 is 6.08. The maximum Gasteiger partial charge on any atom is 0.232 e. The largest absolute Gasteiger partial charge is 0.478 e. The molecule has 3 heterocycles. The summed E-state index contributed by atoms with van der Waals surface area (Å²) in [5, 5.41) is 0.611. The van der Waals surface area contributed by atoms with Crippen LogP contribution in [0, 0.1) is 6.92 Å². The summed E-state index contributed by atoms with van der Waals surface area (Å²) in [6.45, 7) is 3.64. The first-order valence-corrected chi connectivity index (χ1v) is 10.1. The van der Waals surface area contributed by atoms with E-state index >= 15 is 0 Å². The number of fused-ring (bicyclic) bond motifs is 3. The van der Waals surface area contributed by atoms with Gasteiger partial charge < -0.3 is 9.47 Å². The van der Waals surface area contributed by atoms with E-state index in [2.05, 4.69) is 9.88 Å². The van der Waals surface area contributed by atoms with E-state index in [-0.39, 0.29) is 5.78 Å². The molecule has 5 nitrogen and oxygen atoms in total. The van der Waals surface area contributed by atoms with Crippen molar-refractivity contribution in [1.82, 2.24) is 9.88 Å².